The Balaban J connectivity index is 0.000000172. The van der Waals surface area contributed by atoms with Crippen LogP contribution < -0.4 is 5.43 Å². The fraction of sp³-hybridized carbons (Fsp3) is 0.280. The van der Waals surface area contributed by atoms with Gasteiger partial charge in [-0.3, -0.25) is 24.4 Å². The predicted molar refractivity (Wildman–Crippen MR) is 258 cm³/mol. The highest BCUT2D eigenvalue weighted by atomic mass is 32.2. The molecule has 0 spiro atoms. The number of nitrogens with one attached hydrogen (secondary N) is 1. The Labute approximate surface area is 399 Å². The van der Waals surface area contributed by atoms with E-state index in [9.17, 15) is 26.4 Å². The second kappa shape index (κ2) is 19.6. The lowest BCUT2D eigenvalue weighted by molar-refractivity contribution is 0.0124. The van der Waals surface area contributed by atoms with E-state index in [2.05, 4.69) is 15.6 Å². The van der Waals surface area contributed by atoms with Gasteiger partial charge in [-0.1, -0.05) is 60.7 Å². The lowest BCUT2D eigenvalue weighted by atomic mass is 10.1. The highest BCUT2D eigenvalue weighted by molar-refractivity contribution is 7.91. The molecule has 8 aromatic rings. The number of carbonyl (C=O) groups excluding carboxylic acids is 2. The van der Waals surface area contributed by atoms with Crippen molar-refractivity contribution in [2.24, 2.45) is 0 Å². The molecule has 2 aliphatic heterocycles. The summed E-state index contributed by atoms with van der Waals surface area (Å²) in [7, 11) is -6.89. The number of hydrazine groups is 1. The van der Waals surface area contributed by atoms with Crippen LogP contribution in [0.25, 0.3) is 44.6 Å². The van der Waals surface area contributed by atoms with Gasteiger partial charge in [0.2, 0.25) is 0 Å². The minimum Gasteiger partial charge on any atom is -0.456 e. The van der Waals surface area contributed by atoms with Crippen molar-refractivity contribution >= 4 is 53.4 Å². The molecule has 4 aromatic carbocycles. The molecule has 17 nitrogen and oxygen atoms in total. The molecule has 0 saturated carbocycles. The maximum atomic E-state index is 12.9. The third kappa shape index (κ3) is 10.7. The molecule has 6 heterocycles. The largest absolute Gasteiger partial charge is 0.456 e. The van der Waals surface area contributed by atoms with E-state index in [0.29, 0.717) is 103 Å². The number of carbonyl (C=O) groups is 2. The first-order valence-corrected chi connectivity index (χ1v) is 26.1. The molecular weight excluding hydrogens is 923 g/mol. The third-order valence-corrected chi connectivity index (χ3v) is 14.1. The molecule has 0 atom stereocenters. The van der Waals surface area contributed by atoms with Crippen molar-refractivity contribution in [2.45, 2.75) is 36.7 Å². The minimum absolute atomic E-state index is 0.135. The number of benzene rings is 4. The van der Waals surface area contributed by atoms with Gasteiger partial charge in [0.05, 0.1) is 49.3 Å². The van der Waals surface area contributed by atoms with E-state index in [-0.39, 0.29) is 40.4 Å². The summed E-state index contributed by atoms with van der Waals surface area (Å²) in [5.41, 5.74) is 9.40. The molecule has 10 rings (SSSR count). The average Bonchev–Trinajstić information content (AvgIpc) is 4.15. The summed E-state index contributed by atoms with van der Waals surface area (Å²) in [6.07, 6.45) is 2.37. The number of hydrogen-bond acceptors (Lipinski definition) is 13. The summed E-state index contributed by atoms with van der Waals surface area (Å²) in [6.45, 7) is 8.71. The molecule has 2 aliphatic rings. The van der Waals surface area contributed by atoms with E-state index in [0.717, 1.165) is 22.5 Å². The maximum Gasteiger partial charge on any atom is 0.286 e. The Bertz CT molecular complexity index is 3400. The molecule has 69 heavy (non-hydrogen) atoms. The van der Waals surface area contributed by atoms with Crippen molar-refractivity contribution in [3.8, 4) is 22.6 Å². The van der Waals surface area contributed by atoms with Crippen molar-refractivity contribution in [3.63, 3.8) is 0 Å². The number of morpholine rings is 2. The number of fused-ring (bicyclic) bond motifs is 2. The lowest BCUT2D eigenvalue weighted by Crippen LogP contribution is -2.48. The summed E-state index contributed by atoms with van der Waals surface area (Å²) >= 11 is 0. The zero-order valence-electron chi connectivity index (χ0n) is 38.5. The van der Waals surface area contributed by atoms with Gasteiger partial charge in [0, 0.05) is 83.1 Å². The summed E-state index contributed by atoms with van der Waals surface area (Å²) < 4.78 is 75.9. The number of aryl methyl sites for hydroxylation is 2. The second-order valence-electron chi connectivity index (χ2n) is 17.1. The van der Waals surface area contributed by atoms with Gasteiger partial charge in [0.15, 0.2) is 31.1 Å². The molecule has 4 aromatic heterocycles. The fourth-order valence-corrected chi connectivity index (χ4v) is 9.62. The Morgan fingerprint density at radius 3 is 1.48 bits per heavy atom. The molecule has 0 bridgehead atoms. The monoisotopic (exact) mass is 973 g/mol. The molecule has 2 saturated heterocycles. The van der Waals surface area contributed by atoms with Crippen LogP contribution in [0.2, 0.25) is 0 Å². The number of nitrogens with zero attached hydrogens (tertiary/aromatic N) is 6. The zero-order chi connectivity index (χ0) is 48.5. The van der Waals surface area contributed by atoms with Gasteiger partial charge in [-0.25, -0.2) is 21.8 Å². The highest BCUT2D eigenvalue weighted by Crippen LogP contribution is 2.34. The first-order valence-electron chi connectivity index (χ1n) is 22.3. The van der Waals surface area contributed by atoms with E-state index in [1.54, 1.807) is 50.7 Å². The topological polar surface area (TPSA) is 201 Å². The molecule has 2 fully saturated rings. The molecule has 0 unspecified atom stereocenters. The SMILES string of the molecule is Cc1cc(C(=O)N2CCOCC2)nn1Cc1cc(S(C)(=O)=O)cc2cc(-c3ccccc3)oc12.Cc1cc(C(=O)NN2CCOCC2)nn1Cc1cc(S(C)(=O)=O)cc2cc(-c3ccccc3)oc12. The number of rotatable bonds is 11. The van der Waals surface area contributed by atoms with Gasteiger partial charge < -0.3 is 23.2 Å². The Hall–Kier alpha value is -6.90. The van der Waals surface area contributed by atoms with Gasteiger partial charge in [0.25, 0.3) is 11.8 Å². The summed E-state index contributed by atoms with van der Waals surface area (Å²) in [6, 6.07) is 33.0. The van der Waals surface area contributed by atoms with Crippen LogP contribution in [0.5, 0.6) is 0 Å². The number of furan rings is 2. The molecule has 0 aliphatic carbocycles. The van der Waals surface area contributed by atoms with Crippen LogP contribution in [0.1, 0.15) is 43.5 Å². The van der Waals surface area contributed by atoms with E-state index >= 15 is 0 Å². The van der Waals surface area contributed by atoms with Crippen LogP contribution in [-0.2, 0) is 42.2 Å². The molecule has 2 amide bonds. The van der Waals surface area contributed by atoms with E-state index in [1.165, 1.54) is 12.5 Å². The smallest absolute Gasteiger partial charge is 0.286 e. The standard InChI is InChI=1S/C25H26N4O5S.C25H25N3O5S/c1-17-12-22(25(30)27-28-8-10-33-11-9-28)26-29(17)16-20-14-21(35(2,31)32)13-19-15-23(34-24(19)20)18-6-4-3-5-7-18;1-17-12-22(25(29)27-8-10-32-11-9-27)26-28(17)16-20-14-21(34(2,30)31)13-19-15-23(33-24(19)20)18-6-4-3-5-7-18/h3-7,12-15H,8-11,16H2,1-2H3,(H,27,30);3-7,12-15H,8-11,16H2,1-2H3. The first kappa shape index (κ1) is 47.2. The Kier molecular flexibility index (Phi) is 13.4. The van der Waals surface area contributed by atoms with Gasteiger partial charge in [-0.2, -0.15) is 10.2 Å². The Morgan fingerprint density at radius 1 is 0.580 bits per heavy atom. The summed E-state index contributed by atoms with van der Waals surface area (Å²) in [5.74, 6) is 0.871. The van der Waals surface area contributed by atoms with Gasteiger partial charge in [-0.05, 0) is 62.4 Å². The van der Waals surface area contributed by atoms with Crippen LogP contribution in [0.3, 0.4) is 0 Å². The van der Waals surface area contributed by atoms with Crippen molar-refractivity contribution < 1.29 is 44.7 Å². The third-order valence-electron chi connectivity index (χ3n) is 11.9. The van der Waals surface area contributed by atoms with Crippen LogP contribution >= 0.6 is 0 Å². The Morgan fingerprint density at radius 2 is 1.01 bits per heavy atom. The van der Waals surface area contributed by atoms with Crippen LogP contribution in [-0.4, -0.2) is 123 Å². The van der Waals surface area contributed by atoms with Crippen molar-refractivity contribution in [1.82, 2.24) is 34.9 Å². The van der Waals surface area contributed by atoms with Crippen LogP contribution in [0, 0.1) is 13.8 Å². The average molecular weight is 974 g/mol. The number of hydrogen-bond donors (Lipinski definition) is 1. The zero-order valence-corrected chi connectivity index (χ0v) is 40.2. The van der Waals surface area contributed by atoms with Crippen molar-refractivity contribution in [2.75, 3.05) is 65.1 Å². The second-order valence-corrected chi connectivity index (χ2v) is 21.1. The molecule has 358 valence electrons. The van der Waals surface area contributed by atoms with Crippen LogP contribution in [0.15, 0.2) is 128 Å². The number of sulfone groups is 2. The summed E-state index contributed by atoms with van der Waals surface area (Å²) in [4.78, 5) is 27.7. The van der Waals surface area contributed by atoms with Gasteiger partial charge in [-0.15, -0.1) is 0 Å². The van der Waals surface area contributed by atoms with Crippen molar-refractivity contribution in [3.05, 3.63) is 143 Å². The predicted octanol–water partition coefficient (Wildman–Crippen LogP) is 6.56. The number of amides is 2. The number of ether oxygens (including phenoxy) is 2. The minimum atomic E-state index is -3.45. The number of aromatic nitrogens is 4. The van der Waals surface area contributed by atoms with E-state index in [4.69, 9.17) is 18.3 Å². The van der Waals surface area contributed by atoms with Crippen LogP contribution in [0.4, 0.5) is 0 Å². The highest BCUT2D eigenvalue weighted by Gasteiger charge is 2.24. The first-order chi connectivity index (χ1) is 33.1. The molecule has 1 N–H and O–H groups in total. The van der Waals surface area contributed by atoms with Gasteiger partial charge >= 0.3 is 0 Å². The van der Waals surface area contributed by atoms with Gasteiger partial charge in [0.1, 0.15) is 22.7 Å². The fourth-order valence-electron chi connectivity index (χ4n) is 8.23. The maximum absolute atomic E-state index is 12.9. The molecule has 19 heteroatoms. The van der Waals surface area contributed by atoms with E-state index in [1.807, 2.05) is 91.7 Å². The normalized spacial score (nSPS) is 14.8. The quantitative estimate of drug-likeness (QED) is 0.146. The lowest BCUT2D eigenvalue weighted by Gasteiger charge is -2.26. The molecular formula is C50H51N7O10S2. The summed E-state index contributed by atoms with van der Waals surface area (Å²) in [5, 5.41) is 12.2. The molecule has 0 radical (unpaired) electrons. The van der Waals surface area contributed by atoms with E-state index < -0.39 is 19.7 Å². The van der Waals surface area contributed by atoms with Crippen molar-refractivity contribution in [1.29, 1.82) is 0 Å².